The molecule has 140 valence electrons. The Morgan fingerprint density at radius 2 is 1.40 bits per heavy atom. The molecule has 2 atom stereocenters. The Morgan fingerprint density at radius 3 is 1.76 bits per heavy atom. The second-order valence-electron chi connectivity index (χ2n) is 9.39. The van der Waals surface area contributed by atoms with Gasteiger partial charge in [0.1, 0.15) is 5.75 Å². The smallest absolute Gasteiger partial charge is 0.254 e. The van der Waals surface area contributed by atoms with E-state index in [-0.39, 0.29) is 28.9 Å². The summed E-state index contributed by atoms with van der Waals surface area (Å²) < 4.78 is 5.74. The molecule has 1 amide bonds. The number of aromatic hydroxyl groups is 1. The topological polar surface area (TPSA) is 49.8 Å². The van der Waals surface area contributed by atoms with Crippen molar-refractivity contribution in [3.63, 3.8) is 0 Å². The molecule has 0 radical (unpaired) electrons. The van der Waals surface area contributed by atoms with Crippen LogP contribution in [-0.4, -0.2) is 41.2 Å². The molecule has 4 nitrogen and oxygen atoms in total. The lowest BCUT2D eigenvalue weighted by Gasteiger charge is -2.36. The molecule has 1 saturated heterocycles. The van der Waals surface area contributed by atoms with Gasteiger partial charge in [0.25, 0.3) is 5.91 Å². The highest BCUT2D eigenvalue weighted by Gasteiger charge is 2.31. The van der Waals surface area contributed by atoms with E-state index in [0.717, 1.165) is 11.1 Å². The number of ether oxygens (including phenoxy) is 1. The zero-order valence-corrected chi connectivity index (χ0v) is 16.9. The van der Waals surface area contributed by atoms with Gasteiger partial charge < -0.3 is 14.7 Å². The van der Waals surface area contributed by atoms with Crippen LogP contribution in [0.2, 0.25) is 0 Å². The van der Waals surface area contributed by atoms with Gasteiger partial charge in [0.15, 0.2) is 0 Å². The molecule has 0 aromatic heterocycles. The number of phenolic OH excluding ortho intramolecular Hbond substituents is 1. The highest BCUT2D eigenvalue weighted by molar-refractivity contribution is 5.95. The van der Waals surface area contributed by atoms with Crippen LogP contribution in [0.1, 0.15) is 76.9 Å². The van der Waals surface area contributed by atoms with Crippen molar-refractivity contribution in [1.82, 2.24) is 4.90 Å². The number of carbonyl (C=O) groups excluding carboxylic acids is 1. The first-order chi connectivity index (χ1) is 11.3. The van der Waals surface area contributed by atoms with Crippen LogP contribution < -0.4 is 0 Å². The maximum absolute atomic E-state index is 13.1. The van der Waals surface area contributed by atoms with E-state index in [2.05, 4.69) is 41.5 Å². The zero-order chi connectivity index (χ0) is 19.2. The van der Waals surface area contributed by atoms with Crippen molar-refractivity contribution >= 4 is 5.91 Å². The van der Waals surface area contributed by atoms with Gasteiger partial charge in [0, 0.05) is 29.8 Å². The summed E-state index contributed by atoms with van der Waals surface area (Å²) in [5, 5.41) is 10.8. The fourth-order valence-electron chi connectivity index (χ4n) is 3.43. The maximum Gasteiger partial charge on any atom is 0.254 e. The summed E-state index contributed by atoms with van der Waals surface area (Å²) in [6.07, 6.45) is 0.0722. The lowest BCUT2D eigenvalue weighted by atomic mass is 9.78. The summed E-state index contributed by atoms with van der Waals surface area (Å²) in [5.74, 6) is 0.318. The highest BCUT2D eigenvalue weighted by Crippen LogP contribution is 2.40. The van der Waals surface area contributed by atoms with E-state index < -0.39 is 0 Å². The molecule has 4 heteroatoms. The van der Waals surface area contributed by atoms with Gasteiger partial charge >= 0.3 is 0 Å². The predicted molar refractivity (Wildman–Crippen MR) is 101 cm³/mol. The number of benzene rings is 1. The Kier molecular flexibility index (Phi) is 5.25. The molecule has 1 aromatic rings. The van der Waals surface area contributed by atoms with Gasteiger partial charge in [-0.1, -0.05) is 41.5 Å². The second kappa shape index (κ2) is 6.64. The van der Waals surface area contributed by atoms with Gasteiger partial charge in [-0.15, -0.1) is 0 Å². The van der Waals surface area contributed by atoms with Crippen molar-refractivity contribution in [2.24, 2.45) is 0 Å². The molecule has 0 bridgehead atoms. The van der Waals surface area contributed by atoms with Crippen molar-refractivity contribution in [3.8, 4) is 5.75 Å². The fraction of sp³-hybridized carbons (Fsp3) is 0.667. The number of rotatable bonds is 1. The minimum atomic E-state index is -0.244. The SMILES string of the molecule is C[C@@H]1CN(C(=O)c2cc(C(C)(C)C)c(O)c(C(C)(C)C)c2)C[C@@H](C)O1. The van der Waals surface area contributed by atoms with Gasteiger partial charge in [0.2, 0.25) is 0 Å². The number of morpholine rings is 1. The molecule has 25 heavy (non-hydrogen) atoms. The number of hydrogen-bond acceptors (Lipinski definition) is 3. The Bertz CT molecular complexity index is 607. The zero-order valence-electron chi connectivity index (χ0n) is 16.9. The van der Waals surface area contributed by atoms with E-state index in [0.29, 0.717) is 24.4 Å². The first-order valence-corrected chi connectivity index (χ1v) is 9.13. The third-order valence-corrected chi connectivity index (χ3v) is 4.68. The molecule has 1 aromatic carbocycles. The van der Waals surface area contributed by atoms with Gasteiger partial charge in [-0.2, -0.15) is 0 Å². The van der Waals surface area contributed by atoms with Crippen molar-refractivity contribution in [2.45, 2.75) is 78.4 Å². The third-order valence-electron chi connectivity index (χ3n) is 4.68. The third kappa shape index (κ3) is 4.35. The summed E-state index contributed by atoms with van der Waals surface area (Å²) in [6.45, 7) is 17.5. The standard InChI is InChI=1S/C21H33NO3/c1-13-11-22(12-14(2)25-13)19(24)15-9-16(20(3,4)5)18(23)17(10-15)21(6,7)8/h9-10,13-14,23H,11-12H2,1-8H3/t13-,14-/m1/s1. The van der Waals surface area contributed by atoms with E-state index in [4.69, 9.17) is 4.74 Å². The molecule has 0 unspecified atom stereocenters. The minimum Gasteiger partial charge on any atom is -0.507 e. The van der Waals surface area contributed by atoms with Gasteiger partial charge in [-0.25, -0.2) is 0 Å². The van der Waals surface area contributed by atoms with Crippen LogP contribution in [0.15, 0.2) is 12.1 Å². The Morgan fingerprint density at radius 1 is 1.00 bits per heavy atom. The summed E-state index contributed by atoms with van der Waals surface area (Å²) in [6, 6.07) is 3.72. The normalized spacial score (nSPS) is 22.2. The molecule has 2 rings (SSSR count). The van der Waals surface area contributed by atoms with E-state index in [1.807, 2.05) is 30.9 Å². The first kappa shape index (κ1) is 19.8. The van der Waals surface area contributed by atoms with Crippen LogP contribution in [-0.2, 0) is 15.6 Å². The molecular weight excluding hydrogens is 314 g/mol. The summed E-state index contributed by atoms with van der Waals surface area (Å²) in [7, 11) is 0. The summed E-state index contributed by atoms with van der Waals surface area (Å²) in [5.41, 5.74) is 1.79. The van der Waals surface area contributed by atoms with Gasteiger partial charge in [-0.3, -0.25) is 4.79 Å². The quantitative estimate of drug-likeness (QED) is 0.827. The molecule has 1 aliphatic heterocycles. The Hall–Kier alpha value is -1.55. The van der Waals surface area contributed by atoms with Crippen LogP contribution in [0, 0.1) is 0 Å². The van der Waals surface area contributed by atoms with Crippen molar-refractivity contribution in [2.75, 3.05) is 13.1 Å². The number of nitrogens with zero attached hydrogens (tertiary/aromatic N) is 1. The van der Waals surface area contributed by atoms with Crippen molar-refractivity contribution in [1.29, 1.82) is 0 Å². The Balaban J connectivity index is 2.52. The molecule has 1 heterocycles. The van der Waals surface area contributed by atoms with E-state index >= 15 is 0 Å². The minimum absolute atomic E-state index is 0.0120. The largest absolute Gasteiger partial charge is 0.507 e. The van der Waals surface area contributed by atoms with Gasteiger partial charge in [-0.05, 0) is 36.8 Å². The lowest BCUT2D eigenvalue weighted by molar-refractivity contribution is -0.0586. The van der Waals surface area contributed by atoms with Crippen LogP contribution >= 0.6 is 0 Å². The number of amides is 1. The van der Waals surface area contributed by atoms with Crippen LogP contribution in [0.5, 0.6) is 5.75 Å². The number of carbonyl (C=O) groups is 1. The number of hydrogen-bond donors (Lipinski definition) is 1. The van der Waals surface area contributed by atoms with Crippen molar-refractivity contribution < 1.29 is 14.6 Å². The van der Waals surface area contributed by atoms with Gasteiger partial charge in [0.05, 0.1) is 12.2 Å². The molecule has 1 fully saturated rings. The maximum atomic E-state index is 13.1. The second-order valence-corrected chi connectivity index (χ2v) is 9.39. The van der Waals surface area contributed by atoms with Crippen LogP contribution in [0.25, 0.3) is 0 Å². The predicted octanol–water partition coefficient (Wildman–Crippen LogP) is 4.24. The van der Waals surface area contributed by atoms with E-state index in [1.54, 1.807) is 0 Å². The molecule has 1 aliphatic rings. The number of phenols is 1. The molecule has 0 spiro atoms. The molecular formula is C21H33NO3. The molecule has 0 aliphatic carbocycles. The monoisotopic (exact) mass is 347 g/mol. The Labute approximate surface area is 152 Å². The average Bonchev–Trinajstić information content (AvgIpc) is 2.43. The summed E-state index contributed by atoms with van der Waals surface area (Å²) in [4.78, 5) is 15.0. The summed E-state index contributed by atoms with van der Waals surface area (Å²) >= 11 is 0. The molecule has 1 N–H and O–H groups in total. The van der Waals surface area contributed by atoms with Crippen LogP contribution in [0.4, 0.5) is 0 Å². The van der Waals surface area contributed by atoms with E-state index in [1.165, 1.54) is 0 Å². The average molecular weight is 347 g/mol. The molecule has 0 saturated carbocycles. The van der Waals surface area contributed by atoms with E-state index in [9.17, 15) is 9.90 Å². The van der Waals surface area contributed by atoms with Crippen molar-refractivity contribution in [3.05, 3.63) is 28.8 Å². The first-order valence-electron chi connectivity index (χ1n) is 9.13. The highest BCUT2D eigenvalue weighted by atomic mass is 16.5. The van der Waals surface area contributed by atoms with Crippen LogP contribution in [0.3, 0.4) is 0 Å². The fourth-order valence-corrected chi connectivity index (χ4v) is 3.43. The lowest BCUT2D eigenvalue weighted by Crippen LogP contribution is -2.48.